The molecule has 1 atom stereocenters. The van der Waals surface area contributed by atoms with Gasteiger partial charge in [0.25, 0.3) is 0 Å². The van der Waals surface area contributed by atoms with Crippen LogP contribution < -0.4 is 5.73 Å². The minimum atomic E-state index is -0.509. The molecular formula is C13H14BrF2N. The van der Waals surface area contributed by atoms with Crippen molar-refractivity contribution in [1.29, 1.82) is 0 Å². The topological polar surface area (TPSA) is 26.0 Å². The Morgan fingerprint density at radius 2 is 2.12 bits per heavy atom. The van der Waals surface area contributed by atoms with Gasteiger partial charge in [0, 0.05) is 11.6 Å². The van der Waals surface area contributed by atoms with Crippen LogP contribution in [-0.4, -0.2) is 6.04 Å². The molecule has 1 aliphatic carbocycles. The average molecular weight is 302 g/mol. The van der Waals surface area contributed by atoms with E-state index in [0.717, 1.165) is 24.8 Å². The quantitative estimate of drug-likeness (QED) is 0.654. The SMILES string of the molecule is NC1C=C(Cc2c(F)ccc(Br)c2F)CCC1. The molecule has 1 aliphatic rings. The van der Waals surface area contributed by atoms with Gasteiger partial charge in [-0.25, -0.2) is 8.78 Å². The van der Waals surface area contributed by atoms with Crippen LogP contribution >= 0.6 is 15.9 Å². The van der Waals surface area contributed by atoms with Crippen molar-refractivity contribution in [2.75, 3.05) is 0 Å². The number of halogens is 3. The maximum absolute atomic E-state index is 13.8. The van der Waals surface area contributed by atoms with Gasteiger partial charge in [-0.2, -0.15) is 0 Å². The van der Waals surface area contributed by atoms with Crippen LogP contribution in [0.15, 0.2) is 28.3 Å². The molecule has 4 heteroatoms. The fraction of sp³-hybridized carbons (Fsp3) is 0.385. The van der Waals surface area contributed by atoms with Gasteiger partial charge in [-0.3, -0.25) is 0 Å². The van der Waals surface area contributed by atoms with Crippen molar-refractivity contribution in [3.63, 3.8) is 0 Å². The fourth-order valence-electron chi connectivity index (χ4n) is 2.14. The molecule has 0 saturated carbocycles. The van der Waals surface area contributed by atoms with Gasteiger partial charge in [0.1, 0.15) is 11.6 Å². The van der Waals surface area contributed by atoms with E-state index in [1.807, 2.05) is 6.08 Å². The largest absolute Gasteiger partial charge is 0.324 e. The second kappa shape index (κ2) is 5.27. The standard InChI is InChI=1S/C13H14BrF2N/c14-11-4-5-12(15)10(13(11)16)7-8-2-1-3-9(17)6-8/h4-6,9H,1-3,7,17H2. The Bertz CT molecular complexity index is 457. The summed E-state index contributed by atoms with van der Waals surface area (Å²) < 4.78 is 27.6. The lowest BCUT2D eigenvalue weighted by molar-refractivity contribution is 0.548. The molecule has 2 N–H and O–H groups in total. The van der Waals surface area contributed by atoms with E-state index in [1.165, 1.54) is 12.1 Å². The molecule has 1 unspecified atom stereocenters. The van der Waals surface area contributed by atoms with Crippen molar-refractivity contribution < 1.29 is 8.78 Å². The van der Waals surface area contributed by atoms with Gasteiger partial charge < -0.3 is 5.73 Å². The van der Waals surface area contributed by atoms with E-state index in [4.69, 9.17) is 5.73 Å². The zero-order valence-electron chi connectivity index (χ0n) is 9.35. The minimum Gasteiger partial charge on any atom is -0.324 e. The lowest BCUT2D eigenvalue weighted by atomic mass is 9.91. The van der Waals surface area contributed by atoms with E-state index < -0.39 is 11.6 Å². The van der Waals surface area contributed by atoms with Gasteiger partial charge in [0.2, 0.25) is 0 Å². The number of hydrogen-bond acceptors (Lipinski definition) is 1. The number of benzene rings is 1. The lowest BCUT2D eigenvalue weighted by Crippen LogP contribution is -2.21. The van der Waals surface area contributed by atoms with Crippen LogP contribution in [0.4, 0.5) is 8.78 Å². The first-order valence-electron chi connectivity index (χ1n) is 5.65. The Morgan fingerprint density at radius 3 is 2.82 bits per heavy atom. The van der Waals surface area contributed by atoms with Crippen molar-refractivity contribution >= 4 is 15.9 Å². The normalized spacial score (nSPS) is 20.2. The summed E-state index contributed by atoms with van der Waals surface area (Å²) in [6.07, 6.45) is 5.06. The van der Waals surface area contributed by atoms with Crippen molar-refractivity contribution in [1.82, 2.24) is 0 Å². The molecule has 17 heavy (non-hydrogen) atoms. The van der Waals surface area contributed by atoms with Gasteiger partial charge in [-0.1, -0.05) is 11.6 Å². The zero-order valence-corrected chi connectivity index (χ0v) is 10.9. The van der Waals surface area contributed by atoms with E-state index in [9.17, 15) is 8.78 Å². The van der Waals surface area contributed by atoms with Gasteiger partial charge in [0.05, 0.1) is 4.47 Å². The molecular weight excluding hydrogens is 288 g/mol. The Hall–Kier alpha value is -0.740. The molecule has 1 aromatic rings. The van der Waals surface area contributed by atoms with Crippen LogP contribution in [0.5, 0.6) is 0 Å². The maximum Gasteiger partial charge on any atom is 0.143 e. The Labute approximate surface area is 108 Å². The molecule has 0 saturated heterocycles. The molecule has 0 amide bonds. The Morgan fingerprint density at radius 1 is 1.35 bits per heavy atom. The van der Waals surface area contributed by atoms with Crippen LogP contribution in [-0.2, 0) is 6.42 Å². The Balaban J connectivity index is 2.27. The predicted octanol–water partition coefficient (Wildman–Crippen LogP) is 3.71. The summed E-state index contributed by atoms with van der Waals surface area (Å²) in [4.78, 5) is 0. The monoisotopic (exact) mass is 301 g/mol. The summed E-state index contributed by atoms with van der Waals surface area (Å²) in [5.41, 5.74) is 6.96. The molecule has 0 spiro atoms. The number of allylic oxidation sites excluding steroid dienone is 1. The first-order valence-corrected chi connectivity index (χ1v) is 6.44. The molecule has 92 valence electrons. The van der Waals surface area contributed by atoms with E-state index in [-0.39, 0.29) is 11.6 Å². The van der Waals surface area contributed by atoms with Crippen LogP contribution in [0.3, 0.4) is 0 Å². The van der Waals surface area contributed by atoms with E-state index in [0.29, 0.717) is 10.9 Å². The summed E-state index contributed by atoms with van der Waals surface area (Å²) in [6, 6.07) is 2.69. The summed E-state index contributed by atoms with van der Waals surface area (Å²) in [5, 5.41) is 0. The number of rotatable bonds is 2. The highest BCUT2D eigenvalue weighted by molar-refractivity contribution is 9.10. The molecule has 0 heterocycles. The van der Waals surface area contributed by atoms with Crippen molar-refractivity contribution in [3.05, 3.63) is 45.5 Å². The smallest absolute Gasteiger partial charge is 0.143 e. The Kier molecular flexibility index (Phi) is 3.94. The van der Waals surface area contributed by atoms with Crippen LogP contribution in [0.2, 0.25) is 0 Å². The van der Waals surface area contributed by atoms with E-state index in [2.05, 4.69) is 15.9 Å². The molecule has 0 radical (unpaired) electrons. The van der Waals surface area contributed by atoms with Crippen molar-refractivity contribution in [3.8, 4) is 0 Å². The number of nitrogens with two attached hydrogens (primary N) is 1. The van der Waals surface area contributed by atoms with Gasteiger partial charge >= 0.3 is 0 Å². The highest BCUT2D eigenvalue weighted by Gasteiger charge is 2.16. The molecule has 0 fully saturated rings. The molecule has 1 aromatic carbocycles. The molecule has 0 aliphatic heterocycles. The predicted molar refractivity (Wildman–Crippen MR) is 67.7 cm³/mol. The van der Waals surface area contributed by atoms with E-state index >= 15 is 0 Å². The third-order valence-electron chi connectivity index (χ3n) is 3.03. The highest BCUT2D eigenvalue weighted by atomic mass is 79.9. The van der Waals surface area contributed by atoms with Crippen LogP contribution in [0.25, 0.3) is 0 Å². The second-order valence-electron chi connectivity index (χ2n) is 4.38. The minimum absolute atomic E-state index is 0.0250. The second-order valence-corrected chi connectivity index (χ2v) is 5.23. The molecule has 2 rings (SSSR count). The third kappa shape index (κ3) is 2.93. The average Bonchev–Trinajstić information content (AvgIpc) is 2.30. The van der Waals surface area contributed by atoms with Crippen molar-refractivity contribution in [2.45, 2.75) is 31.7 Å². The lowest BCUT2D eigenvalue weighted by Gasteiger charge is -2.18. The summed E-state index contributed by atoms with van der Waals surface area (Å²) in [7, 11) is 0. The highest BCUT2D eigenvalue weighted by Crippen LogP contribution is 2.27. The maximum atomic E-state index is 13.8. The fourth-order valence-corrected chi connectivity index (χ4v) is 2.51. The summed E-state index contributed by atoms with van der Waals surface area (Å²) in [6.45, 7) is 0. The molecule has 1 nitrogen and oxygen atoms in total. The molecule has 0 bridgehead atoms. The summed E-state index contributed by atoms with van der Waals surface area (Å²) in [5.74, 6) is -1.00. The van der Waals surface area contributed by atoms with Crippen LogP contribution in [0, 0.1) is 11.6 Å². The summed E-state index contributed by atoms with van der Waals surface area (Å²) >= 11 is 3.07. The van der Waals surface area contributed by atoms with Gasteiger partial charge in [-0.05, 0) is 53.7 Å². The van der Waals surface area contributed by atoms with Gasteiger partial charge in [-0.15, -0.1) is 0 Å². The first kappa shape index (κ1) is 12.7. The van der Waals surface area contributed by atoms with Crippen LogP contribution in [0.1, 0.15) is 24.8 Å². The number of hydrogen-bond donors (Lipinski definition) is 1. The van der Waals surface area contributed by atoms with Crippen molar-refractivity contribution in [2.24, 2.45) is 5.73 Å². The van der Waals surface area contributed by atoms with Gasteiger partial charge in [0.15, 0.2) is 0 Å². The first-order chi connectivity index (χ1) is 8.08. The third-order valence-corrected chi connectivity index (χ3v) is 3.64. The molecule has 0 aromatic heterocycles. The van der Waals surface area contributed by atoms with E-state index in [1.54, 1.807) is 0 Å². The zero-order chi connectivity index (χ0) is 12.4.